The second kappa shape index (κ2) is 10.6. The summed E-state index contributed by atoms with van der Waals surface area (Å²) in [6, 6.07) is 10.8. The molecule has 0 spiro atoms. The lowest BCUT2D eigenvalue weighted by Gasteiger charge is -2.26. The van der Waals surface area contributed by atoms with Gasteiger partial charge in [-0.05, 0) is 50.1 Å². The molecule has 0 saturated carbocycles. The molecule has 0 radical (unpaired) electrons. The van der Waals surface area contributed by atoms with Gasteiger partial charge >= 0.3 is 0 Å². The molecular weight excluding hydrogens is 362 g/mol. The fraction of sp³-hybridized carbons (Fsp3) is 0.652. The molecule has 3 rings (SSSR count). The van der Waals surface area contributed by atoms with E-state index in [0.29, 0.717) is 5.92 Å². The van der Waals surface area contributed by atoms with Gasteiger partial charge in [0, 0.05) is 47.3 Å². The number of hydrogen-bond acceptors (Lipinski definition) is 3. The molecule has 0 aliphatic carbocycles. The molecule has 2 aliphatic heterocycles. The van der Waals surface area contributed by atoms with Gasteiger partial charge in [0.25, 0.3) is 0 Å². The fourth-order valence-corrected chi connectivity index (χ4v) is 4.63. The van der Waals surface area contributed by atoms with Crippen LogP contribution in [0, 0.1) is 5.92 Å². The third kappa shape index (κ3) is 5.95. The Kier molecular flexibility index (Phi) is 7.92. The van der Waals surface area contributed by atoms with Crippen LogP contribution < -0.4 is 5.32 Å². The lowest BCUT2D eigenvalue weighted by molar-refractivity contribution is -0.133. The molecule has 2 heterocycles. The van der Waals surface area contributed by atoms with Gasteiger partial charge < -0.3 is 15.1 Å². The maximum absolute atomic E-state index is 12.3. The van der Waals surface area contributed by atoms with Crippen LogP contribution in [-0.2, 0) is 11.2 Å². The molecule has 1 amide bonds. The van der Waals surface area contributed by atoms with Gasteiger partial charge in [0.2, 0.25) is 5.91 Å². The summed E-state index contributed by atoms with van der Waals surface area (Å²) in [6.45, 7) is 5.03. The van der Waals surface area contributed by atoms with Gasteiger partial charge in [-0.1, -0.05) is 30.3 Å². The number of carbonyl (C=O) groups is 1. The highest BCUT2D eigenvalue weighted by atomic mass is 16.2. The molecule has 1 N–H and O–H groups in total. The maximum atomic E-state index is 12.3. The van der Waals surface area contributed by atoms with Gasteiger partial charge in [0.05, 0.1) is 6.04 Å². The number of benzene rings is 1. The summed E-state index contributed by atoms with van der Waals surface area (Å²) >= 11 is 0. The van der Waals surface area contributed by atoms with Crippen molar-refractivity contribution in [3.05, 3.63) is 35.9 Å². The van der Waals surface area contributed by atoms with Crippen molar-refractivity contribution in [1.82, 2.24) is 20.0 Å². The number of likely N-dealkylation sites (N-methyl/N-ethyl adjacent to an activating group) is 1. The molecule has 2 fully saturated rings. The molecule has 2 saturated heterocycles. The molecule has 160 valence electrons. The summed E-state index contributed by atoms with van der Waals surface area (Å²) in [4.78, 5) is 23.3. The molecule has 2 unspecified atom stereocenters. The number of rotatable bonds is 7. The minimum absolute atomic E-state index is 0.0710. The first kappa shape index (κ1) is 21.6. The van der Waals surface area contributed by atoms with Gasteiger partial charge in [-0.25, -0.2) is 0 Å². The molecule has 6 nitrogen and oxygen atoms in total. The molecule has 2 aliphatic rings. The summed E-state index contributed by atoms with van der Waals surface area (Å²) in [5.41, 5.74) is 1.43. The minimum atomic E-state index is 0.0710. The van der Waals surface area contributed by atoms with Gasteiger partial charge in [0.1, 0.15) is 0 Å². The normalized spacial score (nSPS) is 22.9. The van der Waals surface area contributed by atoms with Crippen LogP contribution in [0.25, 0.3) is 0 Å². The van der Waals surface area contributed by atoms with Crippen LogP contribution in [0.2, 0.25) is 0 Å². The van der Waals surface area contributed by atoms with E-state index in [1.54, 1.807) is 4.90 Å². The number of nitrogens with zero attached hydrogens (tertiary/aromatic N) is 4. The Morgan fingerprint density at radius 1 is 1.21 bits per heavy atom. The summed E-state index contributed by atoms with van der Waals surface area (Å²) in [6.07, 6.45) is 5.50. The largest absolute Gasteiger partial charge is 0.356 e. The topological polar surface area (TPSA) is 51.2 Å². The molecule has 2 atom stereocenters. The molecule has 0 bridgehead atoms. The predicted octanol–water partition coefficient (Wildman–Crippen LogP) is 2.07. The van der Waals surface area contributed by atoms with E-state index in [1.165, 1.54) is 12.0 Å². The first-order valence-electron chi connectivity index (χ1n) is 11.0. The summed E-state index contributed by atoms with van der Waals surface area (Å²) < 4.78 is 0. The van der Waals surface area contributed by atoms with Gasteiger partial charge in [-0.15, -0.1) is 0 Å². The van der Waals surface area contributed by atoms with Crippen LogP contribution in [0.1, 0.15) is 31.2 Å². The van der Waals surface area contributed by atoms with Crippen LogP contribution >= 0.6 is 0 Å². The lowest BCUT2D eigenvalue weighted by Crippen LogP contribution is -2.44. The summed E-state index contributed by atoms with van der Waals surface area (Å²) in [5, 5.41) is 3.54. The Morgan fingerprint density at radius 2 is 2.00 bits per heavy atom. The Hall–Kier alpha value is -2.08. The molecule has 0 aromatic heterocycles. The van der Waals surface area contributed by atoms with Crippen LogP contribution in [0.15, 0.2) is 35.3 Å². The zero-order chi connectivity index (χ0) is 20.6. The molecule has 6 heteroatoms. The first-order chi connectivity index (χ1) is 14.1. The van der Waals surface area contributed by atoms with E-state index in [4.69, 9.17) is 0 Å². The molecule has 1 aromatic rings. The van der Waals surface area contributed by atoms with E-state index in [0.717, 1.165) is 64.4 Å². The zero-order valence-electron chi connectivity index (χ0n) is 18.3. The van der Waals surface area contributed by atoms with E-state index in [2.05, 4.69) is 50.4 Å². The van der Waals surface area contributed by atoms with Crippen LogP contribution in [0.5, 0.6) is 0 Å². The number of aliphatic imine (C=N–C) groups is 1. The lowest BCUT2D eigenvalue weighted by atomic mass is 9.99. The number of guanidine groups is 1. The highest BCUT2D eigenvalue weighted by Crippen LogP contribution is 2.21. The van der Waals surface area contributed by atoms with Gasteiger partial charge in [-0.3, -0.25) is 14.7 Å². The predicted molar refractivity (Wildman–Crippen MR) is 119 cm³/mol. The maximum Gasteiger partial charge on any atom is 0.239 e. The molecule has 1 aromatic carbocycles. The number of likely N-dealkylation sites (tertiary alicyclic amines) is 2. The first-order valence-corrected chi connectivity index (χ1v) is 11.0. The van der Waals surface area contributed by atoms with Crippen molar-refractivity contribution in [1.29, 1.82) is 0 Å². The molecular formula is C23H37N5O. The van der Waals surface area contributed by atoms with Crippen LogP contribution in [0.4, 0.5) is 0 Å². The van der Waals surface area contributed by atoms with Crippen molar-refractivity contribution in [3.63, 3.8) is 0 Å². The Morgan fingerprint density at radius 3 is 2.72 bits per heavy atom. The Balaban J connectivity index is 1.39. The fourth-order valence-electron chi connectivity index (χ4n) is 4.63. The number of carbonyl (C=O) groups excluding carboxylic acids is 1. The molecule has 29 heavy (non-hydrogen) atoms. The monoisotopic (exact) mass is 399 g/mol. The smallest absolute Gasteiger partial charge is 0.239 e. The second-order valence-corrected chi connectivity index (χ2v) is 8.54. The van der Waals surface area contributed by atoms with E-state index in [-0.39, 0.29) is 11.9 Å². The quantitative estimate of drug-likeness (QED) is 0.433. The summed E-state index contributed by atoms with van der Waals surface area (Å²) in [7, 11) is 5.58. The average molecular weight is 400 g/mol. The Bertz CT molecular complexity index is 675. The van der Waals surface area contributed by atoms with Crippen molar-refractivity contribution >= 4 is 11.9 Å². The zero-order valence-corrected chi connectivity index (χ0v) is 18.3. The SMILES string of the molecule is CN=C(NCCCN1CCCC1C(=O)N(C)C)N1CCC(Cc2ccccc2)C1. The van der Waals surface area contributed by atoms with Crippen LogP contribution in [0.3, 0.4) is 0 Å². The van der Waals surface area contributed by atoms with Crippen molar-refractivity contribution in [2.24, 2.45) is 10.9 Å². The van der Waals surface area contributed by atoms with Crippen LogP contribution in [-0.4, -0.2) is 86.5 Å². The highest BCUT2D eigenvalue weighted by Gasteiger charge is 2.31. The summed E-state index contributed by atoms with van der Waals surface area (Å²) in [5.74, 6) is 1.95. The Labute approximate surface area is 176 Å². The van der Waals surface area contributed by atoms with Crippen molar-refractivity contribution in [2.45, 2.75) is 38.1 Å². The van der Waals surface area contributed by atoms with Gasteiger partial charge in [-0.2, -0.15) is 0 Å². The van der Waals surface area contributed by atoms with E-state index >= 15 is 0 Å². The second-order valence-electron chi connectivity index (χ2n) is 8.54. The third-order valence-corrected chi connectivity index (χ3v) is 6.16. The minimum Gasteiger partial charge on any atom is -0.356 e. The number of nitrogens with one attached hydrogen (secondary N) is 1. The van der Waals surface area contributed by atoms with Crippen molar-refractivity contribution in [3.8, 4) is 0 Å². The van der Waals surface area contributed by atoms with Crippen molar-refractivity contribution in [2.75, 3.05) is 53.9 Å². The highest BCUT2D eigenvalue weighted by molar-refractivity contribution is 5.81. The van der Waals surface area contributed by atoms with E-state index < -0.39 is 0 Å². The standard InChI is InChI=1S/C23H37N5O/c1-24-23(28-16-12-20(18-28)17-19-9-5-4-6-10-19)25-13-8-15-27-14-7-11-21(27)22(29)26(2)3/h4-6,9-10,20-21H,7-8,11-18H2,1-3H3,(H,24,25). The van der Waals surface area contributed by atoms with Crippen molar-refractivity contribution < 1.29 is 4.79 Å². The number of hydrogen-bond donors (Lipinski definition) is 1. The van der Waals surface area contributed by atoms with Gasteiger partial charge in [0.15, 0.2) is 5.96 Å². The average Bonchev–Trinajstić information content (AvgIpc) is 3.38. The van der Waals surface area contributed by atoms with E-state index in [9.17, 15) is 4.79 Å². The van der Waals surface area contributed by atoms with E-state index in [1.807, 2.05) is 21.1 Å². The third-order valence-electron chi connectivity index (χ3n) is 6.16. The number of amides is 1.